The first-order valence-corrected chi connectivity index (χ1v) is 6.52. The van der Waals surface area contributed by atoms with Gasteiger partial charge in [0.05, 0.1) is 12.1 Å². The lowest BCUT2D eigenvalue weighted by atomic mass is 10.2. The Morgan fingerprint density at radius 3 is 2.36 bits per heavy atom. The molecule has 2 aromatic heterocycles. The minimum Gasteiger partial charge on any atom is -0.326 e. The molecule has 1 amide bonds. The first kappa shape index (κ1) is 15.9. The zero-order valence-electron chi connectivity index (χ0n) is 12.0. The smallest absolute Gasteiger partial charge is 0.326 e. The monoisotopic (exact) mass is 309 g/mol. The lowest BCUT2D eigenvalue weighted by Gasteiger charge is -2.09. The van der Waals surface area contributed by atoms with E-state index in [1.165, 1.54) is 12.1 Å². The standard InChI is InChI=1S/C15H14F3N3O/c1-9-6-12(7-10(2)19-9)21-14(22)8-11-4-3-5-13(20-11)15(16,17)18/h3-7H,8H2,1-2H3,(H,19,21,22). The second-order valence-corrected chi connectivity index (χ2v) is 4.88. The fraction of sp³-hybridized carbons (Fsp3) is 0.267. The number of pyridine rings is 2. The first-order valence-electron chi connectivity index (χ1n) is 6.52. The number of aryl methyl sites for hydroxylation is 2. The van der Waals surface area contributed by atoms with Gasteiger partial charge in [-0.1, -0.05) is 6.07 Å². The average molecular weight is 309 g/mol. The number of hydrogen-bond donors (Lipinski definition) is 1. The Kier molecular flexibility index (Phi) is 4.44. The quantitative estimate of drug-likeness (QED) is 0.946. The van der Waals surface area contributed by atoms with E-state index in [0.29, 0.717) is 5.69 Å². The lowest BCUT2D eigenvalue weighted by Crippen LogP contribution is -2.17. The summed E-state index contributed by atoms with van der Waals surface area (Å²) in [5, 5.41) is 2.63. The van der Waals surface area contributed by atoms with Crippen LogP contribution in [-0.4, -0.2) is 15.9 Å². The molecule has 0 atom stereocenters. The highest BCUT2D eigenvalue weighted by Gasteiger charge is 2.32. The van der Waals surface area contributed by atoms with Crippen molar-refractivity contribution in [2.24, 2.45) is 0 Å². The number of halogens is 3. The maximum absolute atomic E-state index is 12.6. The van der Waals surface area contributed by atoms with Gasteiger partial charge in [-0.15, -0.1) is 0 Å². The van der Waals surface area contributed by atoms with Crippen molar-refractivity contribution in [2.45, 2.75) is 26.4 Å². The Labute approximate surface area is 125 Å². The molecular formula is C15H14F3N3O. The fourth-order valence-corrected chi connectivity index (χ4v) is 2.01. The Hall–Kier alpha value is -2.44. The highest BCUT2D eigenvalue weighted by molar-refractivity contribution is 5.92. The van der Waals surface area contributed by atoms with Gasteiger partial charge in [-0.3, -0.25) is 9.78 Å². The summed E-state index contributed by atoms with van der Waals surface area (Å²) in [6.45, 7) is 3.58. The Bertz CT molecular complexity index is 678. The maximum atomic E-state index is 12.6. The number of anilines is 1. The van der Waals surface area contributed by atoms with Crippen LogP contribution in [0.25, 0.3) is 0 Å². The Morgan fingerprint density at radius 2 is 1.77 bits per heavy atom. The van der Waals surface area contributed by atoms with Crippen LogP contribution < -0.4 is 5.32 Å². The van der Waals surface area contributed by atoms with Crippen LogP contribution in [0.2, 0.25) is 0 Å². The molecule has 0 bridgehead atoms. The van der Waals surface area contributed by atoms with Crippen molar-refractivity contribution in [3.63, 3.8) is 0 Å². The van der Waals surface area contributed by atoms with E-state index in [0.717, 1.165) is 17.5 Å². The van der Waals surface area contributed by atoms with Crippen LogP contribution in [0.15, 0.2) is 30.3 Å². The number of hydrogen-bond acceptors (Lipinski definition) is 3. The molecule has 0 aromatic carbocycles. The molecule has 0 aliphatic heterocycles. The molecule has 0 spiro atoms. The van der Waals surface area contributed by atoms with Crippen LogP contribution in [0.1, 0.15) is 22.8 Å². The van der Waals surface area contributed by atoms with Crippen molar-refractivity contribution < 1.29 is 18.0 Å². The minimum absolute atomic E-state index is 0.0647. The molecule has 0 saturated heterocycles. The third kappa shape index (κ3) is 4.28. The molecule has 2 rings (SSSR count). The molecule has 116 valence electrons. The van der Waals surface area contributed by atoms with Gasteiger partial charge in [-0.05, 0) is 38.1 Å². The number of rotatable bonds is 3. The Morgan fingerprint density at radius 1 is 1.14 bits per heavy atom. The van der Waals surface area contributed by atoms with Gasteiger partial charge in [0.2, 0.25) is 5.91 Å². The SMILES string of the molecule is Cc1cc(NC(=O)Cc2cccc(C(F)(F)F)n2)cc(C)n1. The summed E-state index contributed by atoms with van der Waals surface area (Å²) < 4.78 is 37.7. The summed E-state index contributed by atoms with van der Waals surface area (Å²) >= 11 is 0. The normalized spacial score (nSPS) is 11.3. The van der Waals surface area contributed by atoms with E-state index in [1.54, 1.807) is 26.0 Å². The third-order valence-electron chi connectivity index (χ3n) is 2.80. The molecular weight excluding hydrogens is 295 g/mol. The van der Waals surface area contributed by atoms with E-state index in [1.807, 2.05) is 0 Å². The largest absolute Gasteiger partial charge is 0.433 e. The molecule has 0 radical (unpaired) electrons. The summed E-state index contributed by atoms with van der Waals surface area (Å²) in [6.07, 6.45) is -4.75. The van der Waals surface area contributed by atoms with Gasteiger partial charge in [-0.2, -0.15) is 13.2 Å². The molecule has 2 heterocycles. The summed E-state index contributed by atoms with van der Waals surface area (Å²) in [6, 6.07) is 6.86. The second-order valence-electron chi connectivity index (χ2n) is 4.88. The second kappa shape index (κ2) is 6.13. The number of carbonyl (C=O) groups excluding carboxylic acids is 1. The number of carbonyl (C=O) groups is 1. The summed E-state index contributed by atoms with van der Waals surface area (Å²) in [5.41, 5.74) is 1.10. The predicted octanol–water partition coefficient (Wildman–Crippen LogP) is 3.29. The van der Waals surface area contributed by atoms with Crippen LogP contribution in [0.5, 0.6) is 0 Å². The van der Waals surface area contributed by atoms with Gasteiger partial charge >= 0.3 is 6.18 Å². The van der Waals surface area contributed by atoms with E-state index < -0.39 is 17.8 Å². The minimum atomic E-state index is -4.52. The number of aromatic nitrogens is 2. The van der Waals surface area contributed by atoms with Crippen molar-refractivity contribution in [3.05, 3.63) is 53.1 Å². The first-order chi connectivity index (χ1) is 10.2. The van der Waals surface area contributed by atoms with Crippen LogP contribution in [0, 0.1) is 13.8 Å². The highest BCUT2D eigenvalue weighted by atomic mass is 19.4. The zero-order chi connectivity index (χ0) is 16.3. The van der Waals surface area contributed by atoms with Crippen LogP contribution in [0.3, 0.4) is 0 Å². The highest BCUT2D eigenvalue weighted by Crippen LogP contribution is 2.27. The molecule has 0 saturated carbocycles. The zero-order valence-corrected chi connectivity index (χ0v) is 12.0. The summed E-state index contributed by atoms with van der Waals surface area (Å²) in [4.78, 5) is 19.6. The van der Waals surface area contributed by atoms with Gasteiger partial charge in [0.25, 0.3) is 0 Å². The number of nitrogens with one attached hydrogen (secondary N) is 1. The van der Waals surface area contributed by atoms with Crippen molar-refractivity contribution in [3.8, 4) is 0 Å². The van der Waals surface area contributed by atoms with E-state index in [9.17, 15) is 18.0 Å². The molecule has 0 aliphatic carbocycles. The van der Waals surface area contributed by atoms with Crippen LogP contribution in [0.4, 0.5) is 18.9 Å². The molecule has 22 heavy (non-hydrogen) atoms. The third-order valence-corrected chi connectivity index (χ3v) is 2.80. The molecule has 0 fully saturated rings. The van der Waals surface area contributed by atoms with E-state index in [-0.39, 0.29) is 12.1 Å². The number of nitrogens with zero attached hydrogens (tertiary/aromatic N) is 2. The molecule has 0 aliphatic rings. The van der Waals surface area contributed by atoms with Crippen molar-refractivity contribution in [1.82, 2.24) is 9.97 Å². The Balaban J connectivity index is 2.09. The maximum Gasteiger partial charge on any atom is 0.433 e. The van der Waals surface area contributed by atoms with E-state index >= 15 is 0 Å². The van der Waals surface area contributed by atoms with Crippen molar-refractivity contribution in [2.75, 3.05) is 5.32 Å². The molecule has 0 unspecified atom stereocenters. The van der Waals surface area contributed by atoms with Gasteiger partial charge in [-0.25, -0.2) is 4.98 Å². The van der Waals surface area contributed by atoms with Crippen molar-refractivity contribution >= 4 is 11.6 Å². The van der Waals surface area contributed by atoms with Crippen LogP contribution in [-0.2, 0) is 17.4 Å². The van der Waals surface area contributed by atoms with Crippen LogP contribution >= 0.6 is 0 Å². The van der Waals surface area contributed by atoms with E-state index in [2.05, 4.69) is 15.3 Å². The summed E-state index contributed by atoms with van der Waals surface area (Å²) in [7, 11) is 0. The fourth-order valence-electron chi connectivity index (χ4n) is 2.01. The van der Waals surface area contributed by atoms with Gasteiger partial charge in [0, 0.05) is 17.1 Å². The van der Waals surface area contributed by atoms with E-state index in [4.69, 9.17) is 0 Å². The van der Waals surface area contributed by atoms with Crippen molar-refractivity contribution in [1.29, 1.82) is 0 Å². The van der Waals surface area contributed by atoms with Gasteiger partial charge in [0.1, 0.15) is 5.69 Å². The molecule has 4 nitrogen and oxygen atoms in total. The number of alkyl halides is 3. The topological polar surface area (TPSA) is 54.9 Å². The molecule has 2 aromatic rings. The lowest BCUT2D eigenvalue weighted by molar-refractivity contribution is -0.141. The van der Waals surface area contributed by atoms with Gasteiger partial charge < -0.3 is 5.32 Å². The average Bonchev–Trinajstić information content (AvgIpc) is 2.36. The molecule has 1 N–H and O–H groups in total. The molecule has 7 heteroatoms. The van der Waals surface area contributed by atoms with Gasteiger partial charge in [0.15, 0.2) is 0 Å². The predicted molar refractivity (Wildman–Crippen MR) is 75.3 cm³/mol. The summed E-state index contributed by atoms with van der Waals surface area (Å²) in [5.74, 6) is -0.433. The number of amides is 1.